The predicted molar refractivity (Wildman–Crippen MR) is 123 cm³/mol. The van der Waals surface area contributed by atoms with Crippen molar-refractivity contribution in [3.8, 4) is 0 Å². The highest BCUT2D eigenvalue weighted by molar-refractivity contribution is 7.76. The van der Waals surface area contributed by atoms with E-state index in [1.165, 1.54) is 10.7 Å². The van der Waals surface area contributed by atoms with E-state index >= 15 is 0 Å². The molecule has 3 heterocycles. The maximum Gasteiger partial charge on any atom is 0.391 e. The molecule has 13 heteroatoms. The van der Waals surface area contributed by atoms with Gasteiger partial charge in [0, 0.05) is 31.1 Å². The van der Waals surface area contributed by atoms with E-state index in [2.05, 4.69) is 20.4 Å². The molecule has 1 atom stereocenters. The van der Waals surface area contributed by atoms with Gasteiger partial charge < -0.3 is 4.90 Å². The highest BCUT2D eigenvalue weighted by atomic mass is 35.5. The second-order valence-electron chi connectivity index (χ2n) is 10.1. The molecule has 0 bridgehead atoms. The summed E-state index contributed by atoms with van der Waals surface area (Å²) in [6.07, 6.45) is 0.110. The molecular formula is C21H28ClF3N6O2S. The molecule has 0 amide bonds. The van der Waals surface area contributed by atoms with Crippen LogP contribution < -0.4 is 10.3 Å². The number of fused-ring (bicyclic) bond motifs is 1. The van der Waals surface area contributed by atoms with E-state index in [9.17, 15) is 21.9 Å². The van der Waals surface area contributed by atoms with Crippen molar-refractivity contribution in [3.63, 3.8) is 0 Å². The van der Waals surface area contributed by atoms with Crippen LogP contribution >= 0.6 is 11.6 Å². The van der Waals surface area contributed by atoms with Crippen LogP contribution in [0.15, 0.2) is 12.4 Å². The molecule has 8 nitrogen and oxygen atoms in total. The van der Waals surface area contributed by atoms with Gasteiger partial charge in [0.2, 0.25) is 11.3 Å². The average molecular weight is 521 g/mol. The summed E-state index contributed by atoms with van der Waals surface area (Å²) >= 11 is 4.05. The molecule has 1 unspecified atom stereocenters. The van der Waals surface area contributed by atoms with E-state index in [0.29, 0.717) is 24.5 Å². The van der Waals surface area contributed by atoms with Gasteiger partial charge in [-0.25, -0.2) is 19.1 Å². The van der Waals surface area contributed by atoms with Crippen molar-refractivity contribution in [2.75, 3.05) is 24.5 Å². The fraction of sp³-hybridized carbons (Fsp3) is 0.714. The molecule has 2 N–H and O–H groups in total. The minimum atomic E-state index is -4.13. The summed E-state index contributed by atoms with van der Waals surface area (Å²) in [5.74, 6) is -0.304. The number of nitrogens with zero attached hydrogens (tertiary/aromatic N) is 5. The molecule has 2 aromatic heterocycles. The Bertz CT molecular complexity index is 1080. The fourth-order valence-corrected chi connectivity index (χ4v) is 6.77. The molecule has 1 saturated heterocycles. The molecule has 1 spiro atoms. The molecular weight excluding hydrogens is 493 g/mol. The van der Waals surface area contributed by atoms with Gasteiger partial charge in [0.15, 0.2) is 5.82 Å². The van der Waals surface area contributed by atoms with E-state index < -0.39 is 23.4 Å². The van der Waals surface area contributed by atoms with Crippen molar-refractivity contribution in [3.05, 3.63) is 23.1 Å². The number of halogens is 4. The van der Waals surface area contributed by atoms with Crippen molar-refractivity contribution in [1.82, 2.24) is 24.4 Å². The van der Waals surface area contributed by atoms with Crippen molar-refractivity contribution in [2.45, 2.75) is 57.7 Å². The van der Waals surface area contributed by atoms with Crippen LogP contribution in [-0.2, 0) is 11.3 Å². The summed E-state index contributed by atoms with van der Waals surface area (Å²) in [7, 11) is 0. The first-order valence-electron chi connectivity index (χ1n) is 11.5. The zero-order valence-electron chi connectivity index (χ0n) is 18.8. The lowest BCUT2D eigenvalue weighted by atomic mass is 9.61. The number of hydrazine groups is 1. The molecule has 1 aliphatic heterocycles. The number of hydrogen-bond donors (Lipinski definition) is 2. The minimum absolute atomic E-state index is 0.0704. The smallest absolute Gasteiger partial charge is 0.354 e. The van der Waals surface area contributed by atoms with E-state index in [4.69, 9.17) is 11.6 Å². The Hall–Kier alpha value is -1.47. The highest BCUT2D eigenvalue weighted by Gasteiger charge is 2.55. The summed E-state index contributed by atoms with van der Waals surface area (Å²) in [4.78, 5) is 6.65. The standard InChI is InChI=1S/C21H28ClF3N6O2S/c1-13-6-17(22)30-18(13)19(26-12-28-30)29-10-20(11-29)7-16(8-20)31(34(32)33)27-9-14-2-4-15(5-3-14)21(23,24)25/h6,12,14-16,27H,2-5,7-11H2,1H3,(H,32,33). The zero-order valence-corrected chi connectivity index (χ0v) is 20.3. The van der Waals surface area contributed by atoms with Crippen LogP contribution in [0.5, 0.6) is 0 Å². The summed E-state index contributed by atoms with van der Waals surface area (Å²) in [6, 6.07) is 1.77. The Morgan fingerprint density at radius 3 is 2.59 bits per heavy atom. The van der Waals surface area contributed by atoms with Crippen LogP contribution in [-0.4, -0.2) is 59.6 Å². The van der Waals surface area contributed by atoms with Crippen LogP contribution in [0, 0.1) is 24.2 Å². The first-order valence-corrected chi connectivity index (χ1v) is 12.9. The first-order chi connectivity index (χ1) is 16.1. The average Bonchev–Trinajstić information content (AvgIpc) is 3.01. The number of hydrogen-bond acceptors (Lipinski definition) is 5. The van der Waals surface area contributed by atoms with Crippen LogP contribution in [0.2, 0.25) is 5.15 Å². The second-order valence-corrected chi connectivity index (χ2v) is 11.3. The Morgan fingerprint density at radius 2 is 1.97 bits per heavy atom. The van der Waals surface area contributed by atoms with Crippen molar-refractivity contribution < 1.29 is 21.9 Å². The SMILES string of the molecule is Cc1cc(Cl)n2ncnc(N3CC4(CC(N(NCC5CCC(C(F)(F)F)CC5)S(=O)O)C4)C3)c12. The molecule has 3 aliphatic rings. The van der Waals surface area contributed by atoms with Crippen molar-refractivity contribution >= 4 is 34.2 Å². The number of alkyl halides is 3. The maximum atomic E-state index is 12.9. The number of rotatable bonds is 6. The van der Waals surface area contributed by atoms with E-state index in [-0.39, 0.29) is 30.2 Å². The van der Waals surface area contributed by atoms with Crippen molar-refractivity contribution in [1.29, 1.82) is 0 Å². The maximum absolute atomic E-state index is 12.9. The predicted octanol–water partition coefficient (Wildman–Crippen LogP) is 3.97. The van der Waals surface area contributed by atoms with Gasteiger partial charge in [-0.2, -0.15) is 18.3 Å². The number of aromatic nitrogens is 3. The molecule has 2 aromatic rings. The lowest BCUT2D eigenvalue weighted by Crippen LogP contribution is -2.68. The molecule has 3 fully saturated rings. The Morgan fingerprint density at radius 1 is 1.29 bits per heavy atom. The topological polar surface area (TPSA) is 86.0 Å². The molecule has 0 aromatic carbocycles. The summed E-state index contributed by atoms with van der Waals surface area (Å²) in [5, 5.41) is 4.75. The summed E-state index contributed by atoms with van der Waals surface area (Å²) in [5.41, 5.74) is 5.02. The molecule has 34 heavy (non-hydrogen) atoms. The Balaban J connectivity index is 1.14. The first kappa shape index (κ1) is 24.2. The van der Waals surface area contributed by atoms with Gasteiger partial charge in [-0.1, -0.05) is 11.6 Å². The largest absolute Gasteiger partial charge is 0.391 e. The Kier molecular flexibility index (Phi) is 6.33. The third-order valence-corrected chi connectivity index (χ3v) is 8.75. The normalized spacial score (nSPS) is 26.1. The van der Waals surface area contributed by atoms with E-state index in [1.807, 2.05) is 13.0 Å². The molecule has 5 rings (SSSR count). The number of anilines is 1. The molecule has 2 saturated carbocycles. The van der Waals surface area contributed by atoms with Gasteiger partial charge in [-0.3, -0.25) is 4.55 Å². The monoisotopic (exact) mass is 520 g/mol. The van der Waals surface area contributed by atoms with Crippen LogP contribution in [0.3, 0.4) is 0 Å². The summed E-state index contributed by atoms with van der Waals surface area (Å²) < 4.78 is 63.5. The van der Waals surface area contributed by atoms with Gasteiger partial charge in [-0.05, 0) is 63.0 Å². The molecule has 2 aliphatic carbocycles. The lowest BCUT2D eigenvalue weighted by Gasteiger charge is -2.60. The molecule has 188 valence electrons. The van der Waals surface area contributed by atoms with Gasteiger partial charge in [0.05, 0.1) is 5.92 Å². The van der Waals surface area contributed by atoms with Crippen molar-refractivity contribution in [2.24, 2.45) is 17.3 Å². The molecule has 0 radical (unpaired) electrons. The lowest BCUT2D eigenvalue weighted by molar-refractivity contribution is -0.183. The van der Waals surface area contributed by atoms with Gasteiger partial charge in [0.25, 0.3) is 0 Å². The third kappa shape index (κ3) is 4.43. The van der Waals surface area contributed by atoms with Gasteiger partial charge in [-0.15, -0.1) is 4.41 Å². The van der Waals surface area contributed by atoms with Crippen LogP contribution in [0.25, 0.3) is 5.52 Å². The quantitative estimate of drug-likeness (QED) is 0.443. The third-order valence-electron chi connectivity index (χ3n) is 7.72. The zero-order chi connectivity index (χ0) is 24.3. The number of aryl methyl sites for hydroxylation is 1. The van der Waals surface area contributed by atoms with Crippen LogP contribution in [0.1, 0.15) is 44.1 Å². The second kappa shape index (κ2) is 8.88. The Labute approximate surface area is 203 Å². The van der Waals surface area contributed by atoms with E-state index in [0.717, 1.165) is 42.8 Å². The number of nitrogens with one attached hydrogen (secondary N) is 1. The van der Waals surface area contributed by atoms with Gasteiger partial charge >= 0.3 is 6.18 Å². The van der Waals surface area contributed by atoms with E-state index in [1.54, 1.807) is 4.52 Å². The summed E-state index contributed by atoms with van der Waals surface area (Å²) in [6.45, 7) is 3.98. The van der Waals surface area contributed by atoms with Gasteiger partial charge in [0.1, 0.15) is 17.0 Å². The highest BCUT2D eigenvalue weighted by Crippen LogP contribution is 2.51. The fourth-order valence-electron chi connectivity index (χ4n) is 5.89. The minimum Gasteiger partial charge on any atom is -0.354 e. The van der Waals surface area contributed by atoms with Crippen LogP contribution in [0.4, 0.5) is 19.0 Å².